The number of hydrogen-bond acceptors (Lipinski definition) is 7. The smallest absolute Gasteiger partial charge is 0.243 e. The van der Waals surface area contributed by atoms with Gasteiger partial charge in [0.2, 0.25) is 15.9 Å². The van der Waals surface area contributed by atoms with Crippen molar-refractivity contribution in [3.63, 3.8) is 0 Å². The number of benzene rings is 1. The minimum absolute atomic E-state index is 0.138. The molecule has 0 atom stereocenters. The largest absolute Gasteiger partial charge is 0.493 e. The molecule has 2 aromatic rings. The van der Waals surface area contributed by atoms with E-state index in [0.717, 1.165) is 10.4 Å². The average molecular weight is 452 g/mol. The maximum Gasteiger partial charge on any atom is 0.243 e. The van der Waals surface area contributed by atoms with Crippen LogP contribution in [0.25, 0.3) is 0 Å². The zero-order valence-electron chi connectivity index (χ0n) is 17.1. The van der Waals surface area contributed by atoms with E-state index < -0.39 is 10.0 Å². The van der Waals surface area contributed by atoms with Gasteiger partial charge in [-0.05, 0) is 48.9 Å². The highest BCUT2D eigenvalue weighted by Gasteiger charge is 2.32. The summed E-state index contributed by atoms with van der Waals surface area (Å²) in [6, 6.07) is 6.51. The lowest BCUT2D eigenvalue weighted by Gasteiger charge is -2.30. The van der Waals surface area contributed by atoms with Gasteiger partial charge >= 0.3 is 0 Å². The Kier molecular flexibility index (Phi) is 7.11. The number of carbonyl (C=O) groups is 1. The molecular formula is C20H25N3O5S2. The number of carbonyl (C=O) groups excluding carboxylic acids is 1. The molecule has 0 radical (unpaired) electrons. The second kappa shape index (κ2) is 9.59. The number of amides is 1. The Morgan fingerprint density at radius 1 is 1.20 bits per heavy atom. The number of ether oxygens (including phenoxy) is 2. The number of thiophene rings is 1. The van der Waals surface area contributed by atoms with Crippen LogP contribution in [0.1, 0.15) is 23.3 Å². The number of nitrogens with zero attached hydrogens (tertiary/aromatic N) is 2. The SMILES string of the molecule is COc1ccc(S(=O)(=O)N2CCC(C(=O)N/N=C\c3sccc3C)CC2)cc1OC. The molecule has 8 nitrogen and oxygen atoms in total. The third-order valence-electron chi connectivity index (χ3n) is 5.08. The van der Waals surface area contributed by atoms with Crippen molar-refractivity contribution in [1.29, 1.82) is 0 Å². The van der Waals surface area contributed by atoms with Crippen LogP contribution < -0.4 is 14.9 Å². The highest BCUT2D eigenvalue weighted by atomic mass is 32.2. The molecular weight excluding hydrogens is 426 g/mol. The zero-order chi connectivity index (χ0) is 21.7. The van der Waals surface area contributed by atoms with Crippen molar-refractivity contribution < 1.29 is 22.7 Å². The van der Waals surface area contributed by atoms with E-state index in [1.54, 1.807) is 23.6 Å². The molecule has 3 rings (SSSR count). The van der Waals surface area contributed by atoms with Gasteiger partial charge in [-0.3, -0.25) is 4.79 Å². The monoisotopic (exact) mass is 451 g/mol. The van der Waals surface area contributed by atoms with E-state index in [0.29, 0.717) is 24.3 Å². The lowest BCUT2D eigenvalue weighted by molar-refractivity contribution is -0.126. The summed E-state index contributed by atoms with van der Waals surface area (Å²) in [6.45, 7) is 2.51. The first-order valence-electron chi connectivity index (χ1n) is 9.46. The minimum atomic E-state index is -3.68. The van der Waals surface area contributed by atoms with Gasteiger partial charge in [-0.15, -0.1) is 11.3 Å². The van der Waals surface area contributed by atoms with E-state index >= 15 is 0 Å². The van der Waals surface area contributed by atoms with Gasteiger partial charge in [0.15, 0.2) is 11.5 Å². The van der Waals surface area contributed by atoms with E-state index in [1.807, 2.05) is 18.4 Å². The lowest BCUT2D eigenvalue weighted by Crippen LogP contribution is -2.42. The van der Waals surface area contributed by atoms with Crippen LogP contribution in [0.4, 0.5) is 0 Å². The Balaban J connectivity index is 1.59. The molecule has 1 N–H and O–H groups in total. The van der Waals surface area contributed by atoms with Gasteiger partial charge in [0.1, 0.15) is 0 Å². The van der Waals surface area contributed by atoms with Crippen LogP contribution in [0.2, 0.25) is 0 Å². The number of hydrogen-bond donors (Lipinski definition) is 1. The summed E-state index contributed by atoms with van der Waals surface area (Å²) >= 11 is 1.55. The van der Waals surface area contributed by atoms with Crippen molar-refractivity contribution in [3.05, 3.63) is 40.1 Å². The molecule has 1 aliphatic heterocycles. The van der Waals surface area contributed by atoms with Crippen molar-refractivity contribution in [1.82, 2.24) is 9.73 Å². The molecule has 1 aromatic carbocycles. The summed E-state index contributed by atoms with van der Waals surface area (Å²) in [5.74, 6) is 0.351. The van der Waals surface area contributed by atoms with E-state index in [1.165, 1.54) is 30.7 Å². The maximum atomic E-state index is 13.0. The molecule has 10 heteroatoms. The van der Waals surface area contributed by atoms with Gasteiger partial charge in [-0.2, -0.15) is 9.41 Å². The summed E-state index contributed by atoms with van der Waals surface area (Å²) in [5, 5.41) is 5.99. The first-order chi connectivity index (χ1) is 14.4. The predicted molar refractivity (Wildman–Crippen MR) is 116 cm³/mol. The summed E-state index contributed by atoms with van der Waals surface area (Å²) < 4.78 is 37.7. The zero-order valence-corrected chi connectivity index (χ0v) is 18.8. The molecule has 0 spiro atoms. The highest BCUT2D eigenvalue weighted by molar-refractivity contribution is 7.89. The number of methoxy groups -OCH3 is 2. The van der Waals surface area contributed by atoms with Crippen LogP contribution in [-0.4, -0.2) is 52.2 Å². The molecule has 0 saturated carbocycles. The quantitative estimate of drug-likeness (QED) is 0.516. The average Bonchev–Trinajstić information content (AvgIpc) is 3.17. The van der Waals surface area contributed by atoms with Crippen LogP contribution in [-0.2, 0) is 14.8 Å². The molecule has 0 unspecified atom stereocenters. The Bertz CT molecular complexity index is 1020. The Hall–Kier alpha value is -2.43. The van der Waals surface area contributed by atoms with Gasteiger partial charge in [0, 0.05) is 30.0 Å². The molecule has 1 aliphatic rings. The van der Waals surface area contributed by atoms with Gasteiger partial charge in [-0.1, -0.05) is 0 Å². The molecule has 1 aromatic heterocycles. The molecule has 1 fully saturated rings. The number of hydrazone groups is 1. The fourth-order valence-corrected chi connectivity index (χ4v) is 5.52. The fraction of sp³-hybridized carbons (Fsp3) is 0.400. The van der Waals surface area contributed by atoms with E-state index in [4.69, 9.17) is 9.47 Å². The lowest BCUT2D eigenvalue weighted by atomic mass is 9.98. The Morgan fingerprint density at radius 3 is 2.50 bits per heavy atom. The summed E-state index contributed by atoms with van der Waals surface area (Å²) in [5.41, 5.74) is 3.67. The van der Waals surface area contributed by atoms with Crippen molar-refractivity contribution in [3.8, 4) is 11.5 Å². The second-order valence-electron chi connectivity index (χ2n) is 6.90. The van der Waals surface area contributed by atoms with Crippen LogP contribution in [0.3, 0.4) is 0 Å². The number of rotatable bonds is 7. The van der Waals surface area contributed by atoms with E-state index in [-0.39, 0.29) is 29.8 Å². The molecule has 0 aliphatic carbocycles. The first kappa shape index (κ1) is 22.3. The third-order valence-corrected chi connectivity index (χ3v) is 7.92. The molecule has 0 bridgehead atoms. The van der Waals surface area contributed by atoms with Crippen LogP contribution in [0.15, 0.2) is 39.6 Å². The topological polar surface area (TPSA) is 97.3 Å². The maximum absolute atomic E-state index is 13.0. The van der Waals surface area contributed by atoms with Crippen molar-refractivity contribution >= 4 is 33.5 Å². The minimum Gasteiger partial charge on any atom is -0.493 e. The molecule has 1 amide bonds. The molecule has 30 heavy (non-hydrogen) atoms. The third kappa shape index (κ3) is 4.82. The van der Waals surface area contributed by atoms with E-state index in [9.17, 15) is 13.2 Å². The number of aryl methyl sites for hydroxylation is 1. The van der Waals surface area contributed by atoms with Crippen LogP contribution >= 0.6 is 11.3 Å². The number of nitrogens with one attached hydrogen (secondary N) is 1. The standard InChI is InChI=1S/C20H25N3O5S2/c1-14-8-11-29-19(14)13-21-22-20(24)15-6-9-23(10-7-15)30(25,26)16-4-5-17(27-2)18(12-16)28-3/h4-5,8,11-13,15H,6-7,9-10H2,1-3H3,(H,22,24)/b21-13-. The summed E-state index contributed by atoms with van der Waals surface area (Å²) in [7, 11) is -0.730. The summed E-state index contributed by atoms with van der Waals surface area (Å²) in [6.07, 6.45) is 2.51. The van der Waals surface area contributed by atoms with Gasteiger partial charge in [0.25, 0.3) is 0 Å². The molecule has 1 saturated heterocycles. The molecule has 162 valence electrons. The highest BCUT2D eigenvalue weighted by Crippen LogP contribution is 2.32. The Labute approximate surface area is 180 Å². The fourth-order valence-electron chi connectivity index (χ4n) is 3.25. The normalized spacial score (nSPS) is 16.0. The second-order valence-corrected chi connectivity index (χ2v) is 9.78. The van der Waals surface area contributed by atoms with Crippen molar-refractivity contribution in [2.75, 3.05) is 27.3 Å². The van der Waals surface area contributed by atoms with Gasteiger partial charge in [-0.25, -0.2) is 13.8 Å². The van der Waals surface area contributed by atoms with E-state index in [2.05, 4.69) is 10.5 Å². The Morgan fingerprint density at radius 2 is 1.90 bits per heavy atom. The van der Waals surface area contributed by atoms with Crippen LogP contribution in [0.5, 0.6) is 11.5 Å². The van der Waals surface area contributed by atoms with Crippen molar-refractivity contribution in [2.45, 2.75) is 24.7 Å². The van der Waals surface area contributed by atoms with Gasteiger partial charge in [0.05, 0.1) is 25.3 Å². The summed E-state index contributed by atoms with van der Waals surface area (Å²) in [4.78, 5) is 13.5. The van der Waals surface area contributed by atoms with Crippen LogP contribution in [0, 0.1) is 12.8 Å². The first-order valence-corrected chi connectivity index (χ1v) is 11.8. The van der Waals surface area contributed by atoms with Crippen molar-refractivity contribution in [2.24, 2.45) is 11.0 Å². The van der Waals surface area contributed by atoms with Gasteiger partial charge < -0.3 is 9.47 Å². The number of sulfonamides is 1. The predicted octanol–water partition coefficient (Wildman–Crippen LogP) is 2.62. The molecule has 2 heterocycles. The number of piperidine rings is 1.